The Morgan fingerprint density at radius 2 is 1.88 bits per heavy atom. The van der Waals surface area contributed by atoms with Crippen LogP contribution in [0.3, 0.4) is 0 Å². The lowest BCUT2D eigenvalue weighted by Crippen LogP contribution is -2.34. The SMILES string of the molecule is Cc1cccc(C2=CCN(C(=O)CCc3ccc(C(=O)O)cc3)CC2)c1. The van der Waals surface area contributed by atoms with Gasteiger partial charge in [0, 0.05) is 19.5 Å². The zero-order chi connectivity index (χ0) is 18.5. The molecule has 0 spiro atoms. The number of hydrogen-bond donors (Lipinski definition) is 1. The molecule has 1 aliphatic heterocycles. The zero-order valence-electron chi connectivity index (χ0n) is 14.9. The van der Waals surface area contributed by atoms with Crippen LogP contribution in [0, 0.1) is 6.92 Å². The maximum absolute atomic E-state index is 12.4. The Balaban J connectivity index is 1.54. The quantitative estimate of drug-likeness (QED) is 0.889. The van der Waals surface area contributed by atoms with Crippen molar-refractivity contribution in [3.05, 3.63) is 76.9 Å². The van der Waals surface area contributed by atoms with Crippen molar-refractivity contribution >= 4 is 17.4 Å². The van der Waals surface area contributed by atoms with Crippen LogP contribution in [0.5, 0.6) is 0 Å². The van der Waals surface area contributed by atoms with Gasteiger partial charge in [-0.2, -0.15) is 0 Å². The van der Waals surface area contributed by atoms with E-state index in [0.717, 1.165) is 18.5 Å². The van der Waals surface area contributed by atoms with Crippen LogP contribution in [0.25, 0.3) is 5.57 Å². The second kappa shape index (κ2) is 8.00. The molecule has 2 aromatic rings. The highest BCUT2D eigenvalue weighted by molar-refractivity contribution is 5.87. The van der Waals surface area contributed by atoms with Crippen LogP contribution in [-0.4, -0.2) is 35.0 Å². The number of benzene rings is 2. The molecular formula is C22H23NO3. The van der Waals surface area contributed by atoms with Gasteiger partial charge in [0.1, 0.15) is 0 Å². The van der Waals surface area contributed by atoms with Crippen molar-refractivity contribution in [1.29, 1.82) is 0 Å². The van der Waals surface area contributed by atoms with Crippen LogP contribution in [-0.2, 0) is 11.2 Å². The number of carbonyl (C=O) groups excluding carboxylic acids is 1. The average Bonchev–Trinajstić information content (AvgIpc) is 2.66. The van der Waals surface area contributed by atoms with Crippen molar-refractivity contribution in [2.24, 2.45) is 0 Å². The summed E-state index contributed by atoms with van der Waals surface area (Å²) in [7, 11) is 0. The van der Waals surface area contributed by atoms with Crippen molar-refractivity contribution in [2.75, 3.05) is 13.1 Å². The molecular weight excluding hydrogens is 326 g/mol. The number of carboxylic acids is 1. The average molecular weight is 349 g/mol. The second-order valence-electron chi connectivity index (χ2n) is 6.69. The van der Waals surface area contributed by atoms with Crippen molar-refractivity contribution in [1.82, 2.24) is 4.90 Å². The van der Waals surface area contributed by atoms with Gasteiger partial charge in [-0.15, -0.1) is 0 Å². The predicted molar refractivity (Wildman–Crippen MR) is 102 cm³/mol. The third-order valence-corrected chi connectivity index (χ3v) is 4.78. The molecule has 1 aliphatic rings. The number of carbonyl (C=O) groups is 2. The van der Waals surface area contributed by atoms with Crippen LogP contribution < -0.4 is 0 Å². The smallest absolute Gasteiger partial charge is 0.335 e. The minimum absolute atomic E-state index is 0.145. The third-order valence-electron chi connectivity index (χ3n) is 4.78. The molecule has 0 fully saturated rings. The van der Waals surface area contributed by atoms with E-state index >= 15 is 0 Å². The summed E-state index contributed by atoms with van der Waals surface area (Å²) in [4.78, 5) is 25.2. The summed E-state index contributed by atoms with van der Waals surface area (Å²) in [5.41, 5.74) is 5.05. The summed E-state index contributed by atoms with van der Waals surface area (Å²) in [6.45, 7) is 3.49. The van der Waals surface area contributed by atoms with Gasteiger partial charge in [0.05, 0.1) is 5.56 Å². The van der Waals surface area contributed by atoms with Crippen molar-refractivity contribution < 1.29 is 14.7 Å². The normalized spacial score (nSPS) is 14.0. The van der Waals surface area contributed by atoms with E-state index in [1.54, 1.807) is 24.3 Å². The van der Waals surface area contributed by atoms with E-state index in [9.17, 15) is 9.59 Å². The molecule has 4 heteroatoms. The van der Waals surface area contributed by atoms with Gasteiger partial charge in [-0.25, -0.2) is 4.79 Å². The molecule has 1 N–H and O–H groups in total. The highest BCUT2D eigenvalue weighted by Crippen LogP contribution is 2.23. The molecule has 0 saturated carbocycles. The van der Waals surface area contributed by atoms with Crippen LogP contribution >= 0.6 is 0 Å². The molecule has 2 aromatic carbocycles. The van der Waals surface area contributed by atoms with Crippen LogP contribution in [0.2, 0.25) is 0 Å². The zero-order valence-corrected chi connectivity index (χ0v) is 14.9. The summed E-state index contributed by atoms with van der Waals surface area (Å²) in [5.74, 6) is -0.788. The maximum atomic E-state index is 12.4. The van der Waals surface area contributed by atoms with Gasteiger partial charge in [0.2, 0.25) is 5.91 Å². The molecule has 0 saturated heterocycles. The Morgan fingerprint density at radius 1 is 1.12 bits per heavy atom. The monoisotopic (exact) mass is 349 g/mol. The predicted octanol–water partition coefficient (Wildman–Crippen LogP) is 3.94. The Morgan fingerprint density at radius 3 is 2.50 bits per heavy atom. The summed E-state index contributed by atoms with van der Waals surface area (Å²) in [5, 5.41) is 8.92. The Labute approximate surface area is 153 Å². The summed E-state index contributed by atoms with van der Waals surface area (Å²) in [6.07, 6.45) is 4.10. The van der Waals surface area contributed by atoms with Crippen molar-refractivity contribution in [3.8, 4) is 0 Å². The van der Waals surface area contributed by atoms with E-state index < -0.39 is 5.97 Å². The first-order valence-corrected chi connectivity index (χ1v) is 8.89. The molecule has 3 rings (SSSR count). The summed E-state index contributed by atoms with van der Waals surface area (Å²) < 4.78 is 0. The van der Waals surface area contributed by atoms with Gasteiger partial charge >= 0.3 is 5.97 Å². The number of aryl methyl sites for hydroxylation is 2. The fourth-order valence-corrected chi connectivity index (χ4v) is 3.23. The number of nitrogens with zero attached hydrogens (tertiary/aromatic N) is 1. The Kier molecular flexibility index (Phi) is 5.52. The standard InChI is InChI=1S/C22H23NO3/c1-16-3-2-4-20(15-16)18-11-13-23(14-12-18)21(24)10-7-17-5-8-19(9-6-17)22(25)26/h2-6,8-9,11,15H,7,10,12-14H2,1H3,(H,25,26). The van der Waals surface area contributed by atoms with Crippen LogP contribution in [0.1, 0.15) is 39.9 Å². The fraction of sp³-hybridized carbons (Fsp3) is 0.273. The van der Waals surface area contributed by atoms with Gasteiger partial charge in [-0.1, -0.05) is 48.0 Å². The van der Waals surface area contributed by atoms with Gasteiger partial charge in [-0.05, 0) is 48.6 Å². The lowest BCUT2D eigenvalue weighted by atomic mass is 9.98. The van der Waals surface area contributed by atoms with Gasteiger partial charge in [-0.3, -0.25) is 4.79 Å². The first kappa shape index (κ1) is 17.9. The van der Waals surface area contributed by atoms with Gasteiger partial charge in [0.25, 0.3) is 0 Å². The fourth-order valence-electron chi connectivity index (χ4n) is 3.23. The largest absolute Gasteiger partial charge is 0.478 e. The second-order valence-corrected chi connectivity index (χ2v) is 6.69. The highest BCUT2D eigenvalue weighted by atomic mass is 16.4. The summed E-state index contributed by atoms with van der Waals surface area (Å²) in [6, 6.07) is 15.2. The summed E-state index contributed by atoms with van der Waals surface area (Å²) >= 11 is 0. The molecule has 0 aromatic heterocycles. The topological polar surface area (TPSA) is 57.6 Å². The van der Waals surface area contributed by atoms with Crippen LogP contribution in [0.4, 0.5) is 0 Å². The first-order valence-electron chi connectivity index (χ1n) is 8.89. The third kappa shape index (κ3) is 4.39. The van der Waals surface area contributed by atoms with E-state index in [1.807, 2.05) is 4.90 Å². The maximum Gasteiger partial charge on any atom is 0.335 e. The molecule has 4 nitrogen and oxygen atoms in total. The Bertz CT molecular complexity index is 837. The molecule has 0 aliphatic carbocycles. The number of aromatic carboxylic acids is 1. The van der Waals surface area contributed by atoms with Gasteiger partial charge < -0.3 is 10.0 Å². The van der Waals surface area contributed by atoms with Crippen molar-refractivity contribution in [2.45, 2.75) is 26.2 Å². The molecule has 0 unspecified atom stereocenters. The van der Waals surface area contributed by atoms with Gasteiger partial charge in [0.15, 0.2) is 0 Å². The van der Waals surface area contributed by atoms with E-state index in [-0.39, 0.29) is 11.5 Å². The lowest BCUT2D eigenvalue weighted by Gasteiger charge is -2.27. The molecule has 1 heterocycles. The van der Waals surface area contributed by atoms with E-state index in [0.29, 0.717) is 19.4 Å². The van der Waals surface area contributed by atoms with Crippen molar-refractivity contribution in [3.63, 3.8) is 0 Å². The van der Waals surface area contributed by atoms with E-state index in [2.05, 4.69) is 37.3 Å². The Hall–Kier alpha value is -2.88. The molecule has 26 heavy (non-hydrogen) atoms. The van der Waals surface area contributed by atoms with E-state index in [4.69, 9.17) is 5.11 Å². The van der Waals surface area contributed by atoms with E-state index in [1.165, 1.54) is 16.7 Å². The molecule has 134 valence electrons. The molecule has 0 radical (unpaired) electrons. The molecule has 1 amide bonds. The number of amides is 1. The number of carboxylic acid groups (broad SMARTS) is 1. The molecule has 0 bridgehead atoms. The molecule has 0 atom stereocenters. The highest BCUT2D eigenvalue weighted by Gasteiger charge is 2.17. The minimum atomic E-state index is -0.933. The lowest BCUT2D eigenvalue weighted by molar-refractivity contribution is -0.130. The van der Waals surface area contributed by atoms with Crippen LogP contribution in [0.15, 0.2) is 54.6 Å². The number of hydrogen-bond acceptors (Lipinski definition) is 2. The minimum Gasteiger partial charge on any atom is -0.478 e. The first-order chi connectivity index (χ1) is 12.5. The number of rotatable bonds is 5.